The Morgan fingerprint density at radius 3 is 2.38 bits per heavy atom. The molecule has 1 fully saturated rings. The first-order valence-corrected chi connectivity index (χ1v) is 8.03. The number of nitrogens with two attached hydrogens (primary N) is 1. The van der Waals surface area contributed by atoms with Gasteiger partial charge in [0.05, 0.1) is 4.90 Å². The summed E-state index contributed by atoms with van der Waals surface area (Å²) in [5, 5.41) is 3.06. The second kappa shape index (κ2) is 5.14. The summed E-state index contributed by atoms with van der Waals surface area (Å²) in [5.74, 6) is -3.64. The fourth-order valence-corrected chi connectivity index (χ4v) is 3.06. The van der Waals surface area contributed by atoms with Crippen molar-refractivity contribution >= 4 is 16.1 Å². The molecule has 0 spiro atoms. The summed E-state index contributed by atoms with van der Waals surface area (Å²) in [5.41, 5.74) is 4.72. The minimum atomic E-state index is -4.91. The van der Waals surface area contributed by atoms with Crippen LogP contribution in [0.15, 0.2) is 17.0 Å². The van der Waals surface area contributed by atoms with E-state index in [1.807, 2.05) is 0 Å². The van der Waals surface area contributed by atoms with Crippen LogP contribution in [0.4, 0.5) is 23.5 Å². The average molecular weight is 366 g/mol. The van der Waals surface area contributed by atoms with E-state index in [2.05, 4.69) is 10.1 Å². The molecule has 1 heterocycles. The molecular weight excluding hydrogens is 356 g/mol. The van der Waals surface area contributed by atoms with Crippen LogP contribution in [0.25, 0.3) is 5.69 Å². The molecule has 3 rings (SSSR count). The summed E-state index contributed by atoms with van der Waals surface area (Å²) in [7, 11) is -4.71. The zero-order valence-corrected chi connectivity index (χ0v) is 12.6. The number of nitrogen functional groups attached to an aromatic ring is 1. The SMILES string of the molecule is Nc1nc(C(F)(F)F)nn1-c1cc(S(=O)(=O)O)c(C2CC2)cc1F. The monoisotopic (exact) mass is 366 g/mol. The maximum absolute atomic E-state index is 14.3. The van der Waals surface area contributed by atoms with Crippen molar-refractivity contribution in [3.8, 4) is 5.69 Å². The third-order valence-electron chi connectivity index (χ3n) is 3.49. The minimum absolute atomic E-state index is 0.0634. The van der Waals surface area contributed by atoms with Gasteiger partial charge in [-0.05, 0) is 36.5 Å². The van der Waals surface area contributed by atoms with Crippen LogP contribution in [0.3, 0.4) is 0 Å². The van der Waals surface area contributed by atoms with Crippen LogP contribution in [0, 0.1) is 5.82 Å². The third kappa shape index (κ3) is 2.94. The summed E-state index contributed by atoms with van der Waals surface area (Å²) >= 11 is 0. The molecule has 1 saturated carbocycles. The smallest absolute Gasteiger partial charge is 0.368 e. The summed E-state index contributed by atoms with van der Waals surface area (Å²) in [6, 6.07) is 1.55. The van der Waals surface area contributed by atoms with E-state index in [1.54, 1.807) is 0 Å². The highest BCUT2D eigenvalue weighted by molar-refractivity contribution is 7.85. The minimum Gasteiger partial charge on any atom is -0.368 e. The first-order chi connectivity index (χ1) is 11.0. The van der Waals surface area contributed by atoms with Crippen molar-refractivity contribution < 1.29 is 30.5 Å². The van der Waals surface area contributed by atoms with Crippen LogP contribution in [0.5, 0.6) is 0 Å². The Balaban J connectivity index is 2.21. The number of nitrogens with zero attached hydrogens (tertiary/aromatic N) is 3. The highest BCUT2D eigenvalue weighted by atomic mass is 32.2. The number of hydrogen-bond acceptors (Lipinski definition) is 5. The van der Waals surface area contributed by atoms with Crippen molar-refractivity contribution in [2.45, 2.75) is 29.8 Å². The maximum Gasteiger partial charge on any atom is 0.453 e. The van der Waals surface area contributed by atoms with Crippen molar-refractivity contribution in [1.82, 2.24) is 14.8 Å². The summed E-state index contributed by atoms with van der Waals surface area (Å²) in [6.45, 7) is 0. The summed E-state index contributed by atoms with van der Waals surface area (Å²) in [6.07, 6.45) is -3.67. The lowest BCUT2D eigenvalue weighted by atomic mass is 10.1. The second-order valence-electron chi connectivity index (χ2n) is 5.29. The van der Waals surface area contributed by atoms with Crippen LogP contribution in [-0.2, 0) is 16.3 Å². The van der Waals surface area contributed by atoms with Gasteiger partial charge in [-0.15, -0.1) is 5.10 Å². The summed E-state index contributed by atoms with van der Waals surface area (Å²) < 4.78 is 84.8. The van der Waals surface area contributed by atoms with Crippen molar-refractivity contribution in [3.05, 3.63) is 29.3 Å². The largest absolute Gasteiger partial charge is 0.453 e. The molecule has 0 unspecified atom stereocenters. The van der Waals surface area contributed by atoms with E-state index in [4.69, 9.17) is 5.73 Å². The molecule has 3 N–H and O–H groups in total. The Bertz CT molecular complexity index is 919. The number of benzene rings is 1. The van der Waals surface area contributed by atoms with Gasteiger partial charge in [-0.3, -0.25) is 4.55 Å². The van der Waals surface area contributed by atoms with Crippen molar-refractivity contribution in [2.75, 3.05) is 5.73 Å². The Morgan fingerprint density at radius 1 is 1.29 bits per heavy atom. The molecule has 0 atom stereocenters. The van der Waals surface area contributed by atoms with E-state index in [-0.39, 0.29) is 11.5 Å². The van der Waals surface area contributed by atoms with Gasteiger partial charge in [0.15, 0.2) is 0 Å². The molecule has 0 radical (unpaired) electrons. The van der Waals surface area contributed by atoms with Crippen LogP contribution in [0.1, 0.15) is 30.1 Å². The lowest BCUT2D eigenvalue weighted by molar-refractivity contribution is -0.144. The molecule has 1 aromatic carbocycles. The molecule has 2 aromatic rings. The molecule has 0 bridgehead atoms. The van der Waals surface area contributed by atoms with Gasteiger partial charge in [-0.2, -0.15) is 31.3 Å². The molecule has 1 aliphatic carbocycles. The molecule has 0 saturated heterocycles. The van der Waals surface area contributed by atoms with E-state index < -0.39 is 44.5 Å². The zero-order chi connectivity index (χ0) is 17.9. The van der Waals surface area contributed by atoms with Gasteiger partial charge < -0.3 is 5.73 Å². The standard InChI is InChI=1S/C12H10F4N4O3S/c13-7-3-6(5-1-2-5)9(24(21,22)23)4-8(7)20-11(17)18-10(19-20)12(14,15)16/h3-5H,1-2H2,(H2,17,18,19)(H,21,22,23). The quantitative estimate of drug-likeness (QED) is 0.636. The fourth-order valence-electron chi connectivity index (χ4n) is 2.28. The van der Waals surface area contributed by atoms with Gasteiger partial charge in [0, 0.05) is 0 Å². The fraction of sp³-hybridized carbons (Fsp3) is 0.333. The van der Waals surface area contributed by atoms with E-state index in [9.17, 15) is 30.5 Å². The van der Waals surface area contributed by atoms with Gasteiger partial charge in [0.25, 0.3) is 15.9 Å². The normalized spacial score (nSPS) is 15.7. The maximum atomic E-state index is 14.3. The van der Waals surface area contributed by atoms with Gasteiger partial charge in [-0.1, -0.05) is 0 Å². The molecule has 0 amide bonds. The van der Waals surface area contributed by atoms with Gasteiger partial charge >= 0.3 is 6.18 Å². The van der Waals surface area contributed by atoms with Crippen molar-refractivity contribution in [2.24, 2.45) is 0 Å². The van der Waals surface area contributed by atoms with Crippen molar-refractivity contribution in [3.63, 3.8) is 0 Å². The number of halogens is 4. The Morgan fingerprint density at radius 2 is 1.92 bits per heavy atom. The van der Waals surface area contributed by atoms with Crippen LogP contribution >= 0.6 is 0 Å². The second-order valence-corrected chi connectivity index (χ2v) is 6.68. The molecule has 7 nitrogen and oxygen atoms in total. The molecule has 1 aliphatic rings. The number of alkyl halides is 3. The molecular formula is C12H10F4N4O3S. The molecule has 130 valence electrons. The molecule has 1 aromatic heterocycles. The molecule has 24 heavy (non-hydrogen) atoms. The third-order valence-corrected chi connectivity index (χ3v) is 4.40. The van der Waals surface area contributed by atoms with E-state index in [0.717, 1.165) is 6.07 Å². The van der Waals surface area contributed by atoms with Gasteiger partial charge in [0.2, 0.25) is 5.95 Å². The topological polar surface area (TPSA) is 111 Å². The van der Waals surface area contributed by atoms with E-state index in [1.165, 1.54) is 0 Å². The van der Waals surface area contributed by atoms with Crippen LogP contribution in [0.2, 0.25) is 0 Å². The van der Waals surface area contributed by atoms with Gasteiger partial charge in [-0.25, -0.2) is 4.39 Å². The number of anilines is 1. The predicted molar refractivity (Wildman–Crippen MR) is 72.5 cm³/mol. The van der Waals surface area contributed by atoms with Crippen molar-refractivity contribution in [1.29, 1.82) is 0 Å². The van der Waals surface area contributed by atoms with Crippen LogP contribution < -0.4 is 5.73 Å². The summed E-state index contributed by atoms with van der Waals surface area (Å²) in [4.78, 5) is 2.39. The molecule has 0 aliphatic heterocycles. The lowest BCUT2D eigenvalue weighted by Gasteiger charge is -2.11. The average Bonchev–Trinajstić information content (AvgIpc) is 3.19. The first kappa shape index (κ1) is 16.6. The Kier molecular flexibility index (Phi) is 3.57. The highest BCUT2D eigenvalue weighted by Gasteiger charge is 2.38. The Labute approximate surface area is 132 Å². The van der Waals surface area contributed by atoms with E-state index >= 15 is 0 Å². The number of aromatic nitrogens is 3. The van der Waals surface area contributed by atoms with Crippen LogP contribution in [-0.4, -0.2) is 27.7 Å². The molecule has 12 heteroatoms. The number of hydrogen-bond donors (Lipinski definition) is 2. The number of rotatable bonds is 3. The van der Waals surface area contributed by atoms with Gasteiger partial charge in [0.1, 0.15) is 11.5 Å². The highest BCUT2D eigenvalue weighted by Crippen LogP contribution is 2.44. The zero-order valence-electron chi connectivity index (χ0n) is 11.7. The van der Waals surface area contributed by atoms with E-state index in [0.29, 0.717) is 23.6 Å². The predicted octanol–water partition coefficient (Wildman–Crippen LogP) is 2.13. The lowest BCUT2D eigenvalue weighted by Crippen LogP contribution is -2.11. The Hall–Kier alpha value is -2.21. The first-order valence-electron chi connectivity index (χ1n) is 6.59.